The summed E-state index contributed by atoms with van der Waals surface area (Å²) in [5.41, 5.74) is 0.216. The number of hydrogen-bond acceptors (Lipinski definition) is 3. The average Bonchev–Trinajstić information content (AvgIpc) is 2.96. The Balaban J connectivity index is 1.59. The van der Waals surface area contributed by atoms with Gasteiger partial charge in [-0.1, -0.05) is 13.8 Å². The minimum atomic E-state index is -0.0143. The minimum absolute atomic E-state index is 0.0143. The number of amides is 1. The zero-order valence-corrected chi connectivity index (χ0v) is 14.1. The maximum absolute atomic E-state index is 12.6. The fourth-order valence-electron chi connectivity index (χ4n) is 4.91. The molecule has 3 fully saturated rings. The predicted molar refractivity (Wildman–Crippen MR) is 85.1 cm³/mol. The van der Waals surface area contributed by atoms with Gasteiger partial charge in [0.2, 0.25) is 5.91 Å². The van der Waals surface area contributed by atoms with Crippen molar-refractivity contribution in [1.82, 2.24) is 15.1 Å². The van der Waals surface area contributed by atoms with Crippen molar-refractivity contribution in [1.29, 1.82) is 0 Å². The third-order valence-electron chi connectivity index (χ3n) is 6.97. The van der Waals surface area contributed by atoms with Gasteiger partial charge in [-0.05, 0) is 50.5 Å². The number of hydrogen-bond donors (Lipinski definition) is 1. The maximum Gasteiger partial charge on any atom is 0.234 e. The van der Waals surface area contributed by atoms with Crippen LogP contribution in [0.4, 0.5) is 0 Å². The molecule has 2 aliphatic carbocycles. The van der Waals surface area contributed by atoms with E-state index in [4.69, 9.17) is 0 Å². The number of piperazine rings is 1. The molecule has 3 rings (SSSR count). The van der Waals surface area contributed by atoms with Crippen molar-refractivity contribution >= 4 is 5.91 Å². The van der Waals surface area contributed by atoms with Crippen LogP contribution >= 0.6 is 0 Å². The van der Waals surface area contributed by atoms with Crippen LogP contribution in [-0.2, 0) is 4.79 Å². The lowest BCUT2D eigenvalue weighted by atomic mass is 9.64. The molecular formula is C17H31N3O. The van der Waals surface area contributed by atoms with Crippen LogP contribution in [0.25, 0.3) is 0 Å². The Morgan fingerprint density at radius 2 is 1.71 bits per heavy atom. The molecule has 2 bridgehead atoms. The molecule has 0 aromatic carbocycles. The van der Waals surface area contributed by atoms with E-state index in [1.807, 2.05) is 0 Å². The summed E-state index contributed by atoms with van der Waals surface area (Å²) >= 11 is 0. The van der Waals surface area contributed by atoms with Gasteiger partial charge in [-0.2, -0.15) is 0 Å². The zero-order valence-electron chi connectivity index (χ0n) is 14.1. The molecule has 0 spiro atoms. The predicted octanol–water partition coefficient (Wildman–Crippen LogP) is 1.56. The Labute approximate surface area is 129 Å². The quantitative estimate of drug-likeness (QED) is 0.858. The summed E-state index contributed by atoms with van der Waals surface area (Å²) in [6, 6.07) is 0. The Bertz CT molecular complexity index is 414. The van der Waals surface area contributed by atoms with E-state index >= 15 is 0 Å². The molecule has 3 unspecified atom stereocenters. The van der Waals surface area contributed by atoms with Crippen molar-refractivity contribution in [2.75, 3.05) is 39.8 Å². The zero-order chi connectivity index (χ0) is 15.3. The topological polar surface area (TPSA) is 35.6 Å². The second kappa shape index (κ2) is 5.24. The molecule has 1 N–H and O–H groups in total. The van der Waals surface area contributed by atoms with Gasteiger partial charge in [-0.25, -0.2) is 0 Å². The molecule has 0 aromatic heterocycles. The van der Waals surface area contributed by atoms with Gasteiger partial charge in [0, 0.05) is 31.7 Å². The molecule has 0 aromatic rings. The Morgan fingerprint density at radius 3 is 2.29 bits per heavy atom. The summed E-state index contributed by atoms with van der Waals surface area (Å²) in [7, 11) is 2.15. The van der Waals surface area contributed by atoms with Crippen molar-refractivity contribution in [3.63, 3.8) is 0 Å². The van der Waals surface area contributed by atoms with Gasteiger partial charge < -0.3 is 10.2 Å². The third kappa shape index (κ3) is 2.50. The van der Waals surface area contributed by atoms with Crippen LogP contribution in [0.5, 0.6) is 0 Å². The molecular weight excluding hydrogens is 262 g/mol. The van der Waals surface area contributed by atoms with E-state index < -0.39 is 0 Å². The number of rotatable bonds is 3. The molecule has 1 amide bonds. The highest BCUT2D eigenvalue weighted by Gasteiger charge is 2.60. The lowest BCUT2D eigenvalue weighted by Gasteiger charge is -2.48. The first kappa shape index (κ1) is 15.3. The smallest absolute Gasteiger partial charge is 0.234 e. The average molecular weight is 293 g/mol. The molecule has 120 valence electrons. The Hall–Kier alpha value is -0.610. The molecule has 3 aliphatic rings. The molecule has 2 saturated carbocycles. The number of carbonyl (C=O) groups excluding carboxylic acids is 1. The fourth-order valence-corrected chi connectivity index (χ4v) is 4.91. The summed E-state index contributed by atoms with van der Waals surface area (Å²) in [4.78, 5) is 17.2. The molecule has 1 aliphatic heterocycles. The van der Waals surface area contributed by atoms with Crippen molar-refractivity contribution in [2.45, 2.75) is 45.6 Å². The number of carbonyl (C=O) groups is 1. The Kier molecular flexibility index (Phi) is 3.81. The number of likely N-dealkylation sites (N-methyl/N-ethyl adjacent to an activating group) is 1. The molecule has 21 heavy (non-hydrogen) atoms. The highest BCUT2D eigenvalue weighted by atomic mass is 16.2. The van der Waals surface area contributed by atoms with Crippen LogP contribution in [0.1, 0.15) is 40.0 Å². The summed E-state index contributed by atoms with van der Waals surface area (Å²) in [6.07, 6.45) is 3.94. The minimum Gasteiger partial charge on any atom is -0.349 e. The van der Waals surface area contributed by atoms with E-state index in [0.717, 1.165) is 32.1 Å². The molecule has 4 nitrogen and oxygen atoms in total. The number of nitrogens with zero attached hydrogens (tertiary/aromatic N) is 2. The molecule has 4 heteroatoms. The van der Waals surface area contributed by atoms with Crippen LogP contribution in [0.15, 0.2) is 0 Å². The molecule has 1 heterocycles. The van der Waals surface area contributed by atoms with Crippen LogP contribution in [0.2, 0.25) is 0 Å². The monoisotopic (exact) mass is 293 g/mol. The lowest BCUT2D eigenvalue weighted by Crippen LogP contribution is -2.61. The lowest BCUT2D eigenvalue weighted by molar-refractivity contribution is -0.127. The van der Waals surface area contributed by atoms with E-state index in [-0.39, 0.29) is 16.9 Å². The first-order valence-electron chi connectivity index (χ1n) is 8.55. The van der Waals surface area contributed by atoms with Gasteiger partial charge in [0.25, 0.3) is 0 Å². The second-order valence-corrected chi connectivity index (χ2v) is 8.26. The highest BCUT2D eigenvalue weighted by molar-refractivity contribution is 5.79. The van der Waals surface area contributed by atoms with Crippen LogP contribution in [0, 0.1) is 17.3 Å². The van der Waals surface area contributed by atoms with Crippen molar-refractivity contribution in [3.05, 3.63) is 0 Å². The number of fused-ring (bicyclic) bond motifs is 2. The summed E-state index contributed by atoms with van der Waals surface area (Å²) in [6.45, 7) is 11.7. The van der Waals surface area contributed by atoms with Gasteiger partial charge in [0.05, 0.1) is 6.54 Å². The SMILES string of the molecule is CN1CCN(CC(=O)NC2(C)C3CCC(C3)C2(C)C)CC1. The molecule has 1 saturated heterocycles. The fraction of sp³-hybridized carbons (Fsp3) is 0.941. The normalized spacial score (nSPS) is 39.6. The van der Waals surface area contributed by atoms with E-state index in [2.05, 4.69) is 42.9 Å². The van der Waals surface area contributed by atoms with Crippen molar-refractivity contribution < 1.29 is 4.79 Å². The van der Waals surface area contributed by atoms with E-state index in [9.17, 15) is 4.79 Å². The first-order valence-corrected chi connectivity index (χ1v) is 8.55. The van der Waals surface area contributed by atoms with Crippen molar-refractivity contribution in [3.8, 4) is 0 Å². The van der Waals surface area contributed by atoms with Crippen LogP contribution in [-0.4, -0.2) is 61.0 Å². The number of nitrogens with one attached hydrogen (secondary N) is 1. The Morgan fingerprint density at radius 1 is 1.10 bits per heavy atom. The van der Waals surface area contributed by atoms with E-state index in [0.29, 0.717) is 12.5 Å². The van der Waals surface area contributed by atoms with Gasteiger partial charge in [-0.3, -0.25) is 9.69 Å². The van der Waals surface area contributed by atoms with Crippen LogP contribution < -0.4 is 5.32 Å². The maximum atomic E-state index is 12.6. The van der Waals surface area contributed by atoms with Crippen LogP contribution in [0.3, 0.4) is 0 Å². The van der Waals surface area contributed by atoms with Gasteiger partial charge in [-0.15, -0.1) is 0 Å². The van der Waals surface area contributed by atoms with Gasteiger partial charge >= 0.3 is 0 Å². The van der Waals surface area contributed by atoms with Crippen molar-refractivity contribution in [2.24, 2.45) is 17.3 Å². The first-order chi connectivity index (χ1) is 9.83. The molecule has 3 atom stereocenters. The van der Waals surface area contributed by atoms with E-state index in [1.165, 1.54) is 19.3 Å². The highest BCUT2D eigenvalue weighted by Crippen LogP contribution is 2.61. The van der Waals surface area contributed by atoms with Gasteiger partial charge in [0.1, 0.15) is 0 Å². The largest absolute Gasteiger partial charge is 0.349 e. The molecule has 0 radical (unpaired) electrons. The summed E-state index contributed by atoms with van der Waals surface area (Å²) in [5.74, 6) is 1.69. The second-order valence-electron chi connectivity index (χ2n) is 8.26. The summed E-state index contributed by atoms with van der Waals surface area (Å²) in [5, 5.41) is 3.44. The van der Waals surface area contributed by atoms with Gasteiger partial charge in [0.15, 0.2) is 0 Å². The third-order valence-corrected chi connectivity index (χ3v) is 6.97. The standard InChI is InChI=1S/C17H31N3O/c1-16(2)13-5-6-14(11-13)17(16,3)18-15(21)12-20-9-7-19(4)8-10-20/h13-14H,5-12H2,1-4H3,(H,18,21). The summed E-state index contributed by atoms with van der Waals surface area (Å²) < 4.78 is 0. The van der Waals surface area contributed by atoms with E-state index in [1.54, 1.807) is 0 Å².